The Kier molecular flexibility index (Phi) is 5.34. The molecule has 2 aliphatic heterocycles. The van der Waals surface area contributed by atoms with Crippen LogP contribution in [0.15, 0.2) is 17.5 Å². The number of nitrogens with one attached hydrogen (secondary N) is 1. The number of amides is 3. The van der Waals surface area contributed by atoms with Crippen LogP contribution in [0.2, 0.25) is 0 Å². The minimum absolute atomic E-state index is 0.00369. The lowest BCUT2D eigenvalue weighted by Gasteiger charge is -2.35. The van der Waals surface area contributed by atoms with Crippen LogP contribution in [0.25, 0.3) is 0 Å². The van der Waals surface area contributed by atoms with Crippen molar-refractivity contribution in [3.8, 4) is 0 Å². The zero-order valence-electron chi connectivity index (χ0n) is 15.3. The maximum atomic E-state index is 12.5. The summed E-state index contributed by atoms with van der Waals surface area (Å²) in [6.07, 6.45) is 1.000. The largest absolute Gasteiger partial charge is 0.334 e. The average Bonchev–Trinajstić information content (AvgIpc) is 3.25. The molecule has 3 rings (SSSR count). The van der Waals surface area contributed by atoms with Gasteiger partial charge < -0.3 is 15.1 Å². The third-order valence-corrected chi connectivity index (χ3v) is 5.91. The number of hydrogen-bond donors (Lipinski definition) is 1. The lowest BCUT2D eigenvalue weighted by atomic mass is 10.1. The fraction of sp³-hybridized carbons (Fsp3) is 0.667. The predicted molar refractivity (Wildman–Crippen MR) is 100 cm³/mol. The van der Waals surface area contributed by atoms with Gasteiger partial charge in [-0.15, -0.1) is 11.3 Å². The second-order valence-electron chi connectivity index (χ2n) is 7.81. The first-order valence-corrected chi connectivity index (χ1v) is 9.86. The maximum Gasteiger partial charge on any atom is 0.317 e. The summed E-state index contributed by atoms with van der Waals surface area (Å²) in [6.45, 7) is 11.0. The summed E-state index contributed by atoms with van der Waals surface area (Å²) < 4.78 is 0. The van der Waals surface area contributed by atoms with Crippen molar-refractivity contribution in [2.24, 2.45) is 0 Å². The van der Waals surface area contributed by atoms with Crippen molar-refractivity contribution in [2.75, 3.05) is 39.3 Å². The molecule has 0 saturated carbocycles. The molecule has 3 amide bonds. The van der Waals surface area contributed by atoms with Gasteiger partial charge in [-0.05, 0) is 38.6 Å². The molecule has 0 bridgehead atoms. The molecule has 0 spiro atoms. The summed E-state index contributed by atoms with van der Waals surface area (Å²) in [5, 5.41) is 5.08. The van der Waals surface area contributed by atoms with E-state index in [-0.39, 0.29) is 23.5 Å². The highest BCUT2D eigenvalue weighted by atomic mass is 32.1. The monoisotopic (exact) mass is 364 g/mol. The van der Waals surface area contributed by atoms with Crippen molar-refractivity contribution in [1.29, 1.82) is 0 Å². The SMILES string of the molecule is CC(C)(C)N1CC[C@@H](NC(=O)N2CCN(C(=O)c3cccs3)CC2)C1. The number of nitrogens with zero attached hydrogens (tertiary/aromatic N) is 3. The van der Waals surface area contributed by atoms with E-state index in [2.05, 4.69) is 31.0 Å². The van der Waals surface area contributed by atoms with Crippen molar-refractivity contribution < 1.29 is 9.59 Å². The molecule has 0 aromatic carbocycles. The summed E-state index contributed by atoms with van der Waals surface area (Å²) in [7, 11) is 0. The van der Waals surface area contributed by atoms with Gasteiger partial charge in [-0.3, -0.25) is 9.69 Å². The first-order chi connectivity index (χ1) is 11.8. The molecule has 2 aliphatic rings. The van der Waals surface area contributed by atoms with Gasteiger partial charge >= 0.3 is 6.03 Å². The molecule has 1 aromatic heterocycles. The summed E-state index contributed by atoms with van der Waals surface area (Å²) in [5.74, 6) is 0.0756. The Hall–Kier alpha value is -1.60. The van der Waals surface area contributed by atoms with Gasteiger partial charge in [-0.25, -0.2) is 4.79 Å². The number of rotatable bonds is 2. The molecule has 2 saturated heterocycles. The van der Waals surface area contributed by atoms with Crippen LogP contribution in [-0.4, -0.2) is 77.5 Å². The third kappa shape index (κ3) is 4.33. The standard InChI is InChI=1S/C18H28N4O2S/c1-18(2,3)22-7-6-14(13-22)19-17(24)21-10-8-20(9-11-21)16(23)15-5-4-12-25-15/h4-5,12,14H,6-11,13H2,1-3H3,(H,19,24)/t14-/m1/s1. The topological polar surface area (TPSA) is 55.9 Å². The van der Waals surface area contributed by atoms with Crippen LogP contribution in [0.1, 0.15) is 36.9 Å². The van der Waals surface area contributed by atoms with Crippen LogP contribution in [0.5, 0.6) is 0 Å². The van der Waals surface area contributed by atoms with Crippen LogP contribution in [0.3, 0.4) is 0 Å². The van der Waals surface area contributed by atoms with E-state index in [0.29, 0.717) is 26.2 Å². The van der Waals surface area contributed by atoms with Gasteiger partial charge in [-0.1, -0.05) is 6.07 Å². The number of likely N-dealkylation sites (tertiary alicyclic amines) is 1. The highest BCUT2D eigenvalue weighted by Crippen LogP contribution is 2.20. The summed E-state index contributed by atoms with van der Waals surface area (Å²) in [6, 6.07) is 3.97. The van der Waals surface area contributed by atoms with E-state index in [0.717, 1.165) is 24.4 Å². The first kappa shape index (κ1) is 18.2. The normalized spacial score (nSPS) is 22.3. The Morgan fingerprint density at radius 2 is 1.80 bits per heavy atom. The van der Waals surface area contributed by atoms with E-state index in [4.69, 9.17) is 0 Å². The highest BCUT2D eigenvalue weighted by Gasteiger charge is 2.32. The molecule has 1 aromatic rings. The molecule has 1 N–H and O–H groups in total. The van der Waals surface area contributed by atoms with Gasteiger partial charge in [0.05, 0.1) is 4.88 Å². The van der Waals surface area contributed by atoms with E-state index in [1.165, 1.54) is 11.3 Å². The van der Waals surface area contributed by atoms with Gasteiger partial charge in [0.25, 0.3) is 5.91 Å². The number of piperazine rings is 1. The molecule has 138 valence electrons. The molecule has 25 heavy (non-hydrogen) atoms. The Labute approximate surface area is 153 Å². The zero-order valence-corrected chi connectivity index (χ0v) is 16.1. The molecule has 7 heteroatoms. The zero-order chi connectivity index (χ0) is 18.0. The van der Waals surface area contributed by atoms with Crippen molar-refractivity contribution in [3.05, 3.63) is 22.4 Å². The van der Waals surface area contributed by atoms with E-state index in [1.54, 1.807) is 0 Å². The third-order valence-electron chi connectivity index (χ3n) is 5.05. The minimum atomic E-state index is 0.00369. The van der Waals surface area contributed by atoms with Crippen molar-refractivity contribution >= 4 is 23.3 Å². The average molecular weight is 365 g/mol. The quantitative estimate of drug-likeness (QED) is 0.874. The van der Waals surface area contributed by atoms with E-state index in [1.807, 2.05) is 27.3 Å². The molecule has 0 radical (unpaired) electrons. The minimum Gasteiger partial charge on any atom is -0.334 e. The summed E-state index contributed by atoms with van der Waals surface area (Å²) in [5.41, 5.74) is 0.146. The molecular formula is C18H28N4O2S. The fourth-order valence-corrected chi connectivity index (χ4v) is 4.11. The number of hydrogen-bond acceptors (Lipinski definition) is 4. The Balaban J connectivity index is 1.45. The van der Waals surface area contributed by atoms with Crippen molar-refractivity contribution in [1.82, 2.24) is 20.0 Å². The summed E-state index contributed by atoms with van der Waals surface area (Å²) >= 11 is 1.47. The molecule has 0 unspecified atom stereocenters. The van der Waals surface area contributed by atoms with E-state index < -0.39 is 0 Å². The fourth-order valence-electron chi connectivity index (χ4n) is 3.42. The van der Waals surface area contributed by atoms with Crippen LogP contribution in [0, 0.1) is 0 Å². The highest BCUT2D eigenvalue weighted by molar-refractivity contribution is 7.12. The molecule has 1 atom stereocenters. The number of carbonyl (C=O) groups excluding carboxylic acids is 2. The van der Waals surface area contributed by atoms with Crippen LogP contribution >= 0.6 is 11.3 Å². The van der Waals surface area contributed by atoms with E-state index in [9.17, 15) is 9.59 Å². The molecular weight excluding hydrogens is 336 g/mol. The maximum absolute atomic E-state index is 12.5. The van der Waals surface area contributed by atoms with Crippen LogP contribution in [0.4, 0.5) is 4.79 Å². The Morgan fingerprint density at radius 3 is 2.36 bits per heavy atom. The Morgan fingerprint density at radius 1 is 1.12 bits per heavy atom. The van der Waals surface area contributed by atoms with Crippen molar-refractivity contribution in [3.63, 3.8) is 0 Å². The van der Waals surface area contributed by atoms with Gasteiger partial charge in [0.15, 0.2) is 0 Å². The summed E-state index contributed by atoms with van der Waals surface area (Å²) in [4.78, 5) is 31.7. The first-order valence-electron chi connectivity index (χ1n) is 8.98. The predicted octanol–water partition coefficient (Wildman–Crippen LogP) is 2.09. The van der Waals surface area contributed by atoms with Gasteiger partial charge in [0.2, 0.25) is 0 Å². The van der Waals surface area contributed by atoms with Crippen molar-refractivity contribution in [2.45, 2.75) is 38.8 Å². The molecule has 3 heterocycles. The lowest BCUT2D eigenvalue weighted by Crippen LogP contribution is -2.55. The molecule has 6 nitrogen and oxygen atoms in total. The second kappa shape index (κ2) is 7.33. The van der Waals surface area contributed by atoms with Gasteiger partial charge in [-0.2, -0.15) is 0 Å². The van der Waals surface area contributed by atoms with Gasteiger partial charge in [0.1, 0.15) is 0 Å². The Bertz CT molecular complexity index is 603. The van der Waals surface area contributed by atoms with Crippen LogP contribution in [-0.2, 0) is 0 Å². The molecule has 0 aliphatic carbocycles. The number of thiophene rings is 1. The molecule has 2 fully saturated rings. The number of carbonyl (C=O) groups is 2. The van der Waals surface area contributed by atoms with Crippen LogP contribution < -0.4 is 5.32 Å². The van der Waals surface area contributed by atoms with Gasteiger partial charge in [0, 0.05) is 50.8 Å². The van der Waals surface area contributed by atoms with E-state index >= 15 is 0 Å². The number of urea groups is 1. The lowest BCUT2D eigenvalue weighted by molar-refractivity contribution is 0.0668. The second-order valence-corrected chi connectivity index (χ2v) is 8.76. The smallest absolute Gasteiger partial charge is 0.317 e.